The van der Waals surface area contributed by atoms with Crippen LogP contribution in [0.25, 0.3) is 11.0 Å². The average Bonchev–Trinajstić information content (AvgIpc) is 3.55. The average molecular weight is 618 g/mol. The Labute approximate surface area is 253 Å². The second-order valence-corrected chi connectivity index (χ2v) is 10.7. The quantitative estimate of drug-likeness (QED) is 0.218. The molecule has 0 spiro atoms. The molecule has 0 bridgehead atoms. The van der Waals surface area contributed by atoms with E-state index < -0.39 is 36.4 Å². The second-order valence-electron chi connectivity index (χ2n) is 10.7. The monoisotopic (exact) mass is 617 g/mol. The van der Waals surface area contributed by atoms with E-state index in [9.17, 15) is 19.2 Å². The number of benzene rings is 2. The number of aliphatic hydroxyl groups is 1. The molecule has 2 heterocycles. The van der Waals surface area contributed by atoms with Crippen molar-refractivity contribution in [1.29, 1.82) is 0 Å². The molecule has 1 fully saturated rings. The minimum absolute atomic E-state index is 0.00584. The van der Waals surface area contributed by atoms with Gasteiger partial charge in [-0.2, -0.15) is 0 Å². The minimum Gasteiger partial charge on any atom is -0.493 e. The van der Waals surface area contributed by atoms with E-state index in [0.717, 1.165) is 67.2 Å². The maximum atomic E-state index is 12.3. The van der Waals surface area contributed by atoms with Crippen LogP contribution in [0.15, 0.2) is 41.2 Å². The molecule has 1 atom stereocenters. The van der Waals surface area contributed by atoms with E-state index in [1.807, 2.05) is 32.3 Å². The molecule has 1 unspecified atom stereocenters. The predicted octanol–water partition coefficient (Wildman–Crippen LogP) is 1.83. The van der Waals surface area contributed by atoms with Crippen LogP contribution in [-0.2, 0) is 46.3 Å². The van der Waals surface area contributed by atoms with Crippen LogP contribution in [0.1, 0.15) is 36.8 Å². The van der Waals surface area contributed by atoms with Gasteiger partial charge in [-0.15, -0.1) is 0 Å². The van der Waals surface area contributed by atoms with Crippen molar-refractivity contribution in [2.75, 3.05) is 27.4 Å². The number of imidazole rings is 1. The Kier molecular flexibility index (Phi) is 11.5. The first-order valence-corrected chi connectivity index (χ1v) is 13.9. The van der Waals surface area contributed by atoms with Gasteiger partial charge in [-0.05, 0) is 48.2 Å². The van der Waals surface area contributed by atoms with Gasteiger partial charge >= 0.3 is 23.6 Å². The lowest BCUT2D eigenvalue weighted by atomic mass is 9.96. The number of carboxylic acid groups (broad SMARTS) is 3. The Morgan fingerprint density at radius 1 is 0.909 bits per heavy atom. The molecular weight excluding hydrogens is 578 g/mol. The summed E-state index contributed by atoms with van der Waals surface area (Å²) in [5, 5.41) is 33.8. The maximum absolute atomic E-state index is 12.3. The van der Waals surface area contributed by atoms with E-state index in [1.165, 1.54) is 5.56 Å². The zero-order valence-corrected chi connectivity index (χ0v) is 25.2. The first kappa shape index (κ1) is 34.1. The van der Waals surface area contributed by atoms with Crippen molar-refractivity contribution >= 4 is 28.9 Å². The van der Waals surface area contributed by atoms with Crippen LogP contribution in [-0.4, -0.2) is 91.4 Å². The summed E-state index contributed by atoms with van der Waals surface area (Å²) >= 11 is 0. The van der Waals surface area contributed by atoms with Crippen LogP contribution in [0.3, 0.4) is 0 Å². The number of carboxylic acids is 3. The Hall–Kier alpha value is -4.40. The third-order valence-electron chi connectivity index (χ3n) is 7.37. The van der Waals surface area contributed by atoms with Crippen LogP contribution < -0.4 is 15.2 Å². The molecule has 240 valence electrons. The van der Waals surface area contributed by atoms with Gasteiger partial charge in [0.05, 0.1) is 44.2 Å². The summed E-state index contributed by atoms with van der Waals surface area (Å²) in [5.74, 6) is -3.56. The van der Waals surface area contributed by atoms with Gasteiger partial charge in [-0.3, -0.25) is 23.6 Å². The van der Waals surface area contributed by atoms with E-state index >= 15 is 0 Å². The molecule has 14 nitrogen and oxygen atoms in total. The number of carbonyl (C=O) groups is 3. The van der Waals surface area contributed by atoms with E-state index in [0.29, 0.717) is 0 Å². The molecule has 1 aromatic heterocycles. The van der Waals surface area contributed by atoms with Gasteiger partial charge in [0.25, 0.3) is 0 Å². The van der Waals surface area contributed by atoms with E-state index in [1.54, 1.807) is 23.4 Å². The number of aromatic nitrogens is 2. The van der Waals surface area contributed by atoms with Gasteiger partial charge < -0.3 is 34.6 Å². The van der Waals surface area contributed by atoms with Gasteiger partial charge in [0.2, 0.25) is 0 Å². The molecule has 1 aliphatic rings. The van der Waals surface area contributed by atoms with Crippen molar-refractivity contribution in [3.8, 4) is 11.5 Å². The van der Waals surface area contributed by atoms with E-state index in [4.69, 9.17) is 34.6 Å². The number of aryl methyl sites for hydroxylation is 2. The first-order valence-electron chi connectivity index (χ1n) is 13.9. The van der Waals surface area contributed by atoms with Gasteiger partial charge in [-0.1, -0.05) is 12.1 Å². The number of hydrogen-bond donors (Lipinski definition) is 4. The molecule has 1 aliphatic heterocycles. The van der Waals surface area contributed by atoms with Gasteiger partial charge in [0.1, 0.15) is 0 Å². The van der Waals surface area contributed by atoms with Crippen LogP contribution in [0, 0.1) is 0 Å². The minimum atomic E-state index is -2.74. The zero-order valence-electron chi connectivity index (χ0n) is 25.2. The predicted molar refractivity (Wildman–Crippen MR) is 158 cm³/mol. The van der Waals surface area contributed by atoms with Crippen LogP contribution >= 0.6 is 0 Å². The Morgan fingerprint density at radius 2 is 1.48 bits per heavy atom. The third-order valence-corrected chi connectivity index (χ3v) is 7.37. The Bertz CT molecular complexity index is 1520. The number of aliphatic carboxylic acids is 3. The number of rotatable bonds is 13. The molecule has 4 N–H and O–H groups in total. The lowest BCUT2D eigenvalue weighted by Crippen LogP contribution is -2.42. The number of hydrogen-bond acceptors (Lipinski definition) is 9. The molecule has 0 amide bonds. The number of methoxy groups -OCH3 is 2. The van der Waals surface area contributed by atoms with Gasteiger partial charge in [0, 0.05) is 40.3 Å². The normalized spacial score (nSPS) is 14.7. The fraction of sp³-hybridized carbons (Fsp3) is 0.467. The highest BCUT2D eigenvalue weighted by molar-refractivity contribution is 5.88. The highest BCUT2D eigenvalue weighted by atomic mass is 16.5. The molecule has 0 aliphatic carbocycles. The summed E-state index contributed by atoms with van der Waals surface area (Å²) < 4.78 is 20.2. The molecule has 3 aromatic rings. The van der Waals surface area contributed by atoms with Gasteiger partial charge in [-0.25, -0.2) is 9.59 Å². The highest BCUT2D eigenvalue weighted by Gasteiger charge is 2.40. The molecule has 2 aromatic carbocycles. The van der Waals surface area contributed by atoms with Crippen molar-refractivity contribution in [2.45, 2.75) is 50.5 Å². The summed E-state index contributed by atoms with van der Waals surface area (Å²) in [4.78, 5) is 45.2. The van der Waals surface area contributed by atoms with Crippen molar-refractivity contribution in [3.63, 3.8) is 0 Å². The topological polar surface area (TPSA) is 190 Å². The molecule has 0 radical (unpaired) electrons. The van der Waals surface area contributed by atoms with Crippen LogP contribution in [0.4, 0.5) is 0 Å². The molecule has 1 saturated heterocycles. The van der Waals surface area contributed by atoms with Crippen molar-refractivity contribution in [1.82, 2.24) is 14.0 Å². The standard InChI is InChI=1S/C24H31N3O4.C6H8O7/c1-25-20-9-7-17(12-21(20)26(2)24(25)28)14-27(16-19-6-5-11-31-19)15-18-8-10-22(29-3)23(13-18)30-4;7-3(8)1-6(13,5(11)12)2-4(9)10/h7-10,12-13,19H,5-6,11,14-16H2,1-4H3;13H,1-2H2,(H,7,8)(H,9,10)(H,11,12). The fourth-order valence-corrected chi connectivity index (χ4v) is 5.12. The summed E-state index contributed by atoms with van der Waals surface area (Å²) in [5.41, 5.74) is 1.48. The van der Waals surface area contributed by atoms with Crippen LogP contribution in [0.2, 0.25) is 0 Å². The Balaban J connectivity index is 0.000000345. The smallest absolute Gasteiger partial charge is 0.336 e. The maximum Gasteiger partial charge on any atom is 0.336 e. The number of nitrogens with zero attached hydrogens (tertiary/aromatic N) is 3. The molecular formula is C30H39N3O11. The largest absolute Gasteiger partial charge is 0.493 e. The van der Waals surface area contributed by atoms with E-state index in [-0.39, 0.29) is 11.8 Å². The van der Waals surface area contributed by atoms with Crippen molar-refractivity contribution < 1.29 is 49.0 Å². The molecule has 44 heavy (non-hydrogen) atoms. The summed E-state index contributed by atoms with van der Waals surface area (Å²) in [6.45, 7) is 3.24. The Morgan fingerprint density at radius 3 is 2.00 bits per heavy atom. The lowest BCUT2D eigenvalue weighted by Gasteiger charge is -2.26. The zero-order chi connectivity index (χ0) is 32.6. The fourth-order valence-electron chi connectivity index (χ4n) is 5.12. The van der Waals surface area contributed by atoms with Crippen molar-refractivity contribution in [2.24, 2.45) is 14.1 Å². The lowest BCUT2D eigenvalue weighted by molar-refractivity contribution is -0.170. The summed E-state index contributed by atoms with van der Waals surface area (Å²) in [7, 11) is 6.94. The summed E-state index contributed by atoms with van der Waals surface area (Å²) in [6.07, 6.45) is 0.176. The number of fused-ring (bicyclic) bond motifs is 1. The summed E-state index contributed by atoms with van der Waals surface area (Å²) in [6, 6.07) is 12.3. The van der Waals surface area contributed by atoms with E-state index in [2.05, 4.69) is 23.1 Å². The molecule has 14 heteroatoms. The second kappa shape index (κ2) is 14.9. The molecule has 0 saturated carbocycles. The molecule has 4 rings (SSSR count). The SMILES string of the molecule is COc1ccc(CN(Cc2ccc3c(c2)n(C)c(=O)n3C)CC2CCCO2)cc1OC.O=C(O)CC(O)(CC(=O)O)C(=O)O. The van der Waals surface area contributed by atoms with Gasteiger partial charge in [0.15, 0.2) is 17.1 Å². The number of ether oxygens (including phenoxy) is 3. The van der Waals surface area contributed by atoms with Crippen molar-refractivity contribution in [3.05, 3.63) is 58.0 Å². The first-order chi connectivity index (χ1) is 20.8. The third kappa shape index (κ3) is 8.58. The van der Waals surface area contributed by atoms with Crippen LogP contribution in [0.5, 0.6) is 11.5 Å². The highest BCUT2D eigenvalue weighted by Crippen LogP contribution is 2.29.